The first-order chi connectivity index (χ1) is 12.7. The fourth-order valence-electron chi connectivity index (χ4n) is 3.05. The van der Waals surface area contributed by atoms with Crippen molar-refractivity contribution in [3.63, 3.8) is 0 Å². The maximum Gasteiger partial charge on any atom is 0.329 e. The lowest BCUT2D eigenvalue weighted by Gasteiger charge is -2.29. The average molecular weight is 374 g/mol. The molecular weight excluding hydrogens is 350 g/mol. The first-order valence-corrected chi connectivity index (χ1v) is 8.93. The largest absolute Gasteiger partial charge is 0.548 e. The SMILES string of the molecule is CC[C@@H](C)[C@H](NC(=O)[C@H](C(C)C)n1c(=O)[nH]c2ccccc2c1=O)C(=O)[O-]. The molecule has 0 aliphatic rings. The molecule has 0 saturated heterocycles. The number of rotatable bonds is 7. The molecule has 1 heterocycles. The van der Waals surface area contributed by atoms with Crippen molar-refractivity contribution in [2.45, 2.75) is 46.2 Å². The van der Waals surface area contributed by atoms with Crippen LogP contribution in [0.1, 0.15) is 40.2 Å². The number of para-hydroxylation sites is 1. The summed E-state index contributed by atoms with van der Waals surface area (Å²) in [6, 6.07) is 4.14. The summed E-state index contributed by atoms with van der Waals surface area (Å²) in [5, 5.41) is 14.1. The van der Waals surface area contributed by atoms with Crippen molar-refractivity contribution in [3.8, 4) is 0 Å². The van der Waals surface area contributed by atoms with Gasteiger partial charge in [-0.25, -0.2) is 9.36 Å². The van der Waals surface area contributed by atoms with Gasteiger partial charge in [-0.05, 0) is 24.0 Å². The first-order valence-electron chi connectivity index (χ1n) is 8.93. The van der Waals surface area contributed by atoms with E-state index in [0.29, 0.717) is 11.9 Å². The van der Waals surface area contributed by atoms with Crippen molar-refractivity contribution in [2.24, 2.45) is 11.8 Å². The molecule has 2 N–H and O–H groups in total. The lowest BCUT2D eigenvalue weighted by Crippen LogP contribution is -2.55. The zero-order valence-corrected chi connectivity index (χ0v) is 15.8. The van der Waals surface area contributed by atoms with Gasteiger partial charge in [0.25, 0.3) is 5.56 Å². The fraction of sp³-hybridized carbons (Fsp3) is 0.474. The topological polar surface area (TPSA) is 124 Å². The van der Waals surface area contributed by atoms with Gasteiger partial charge in [0.2, 0.25) is 5.91 Å². The van der Waals surface area contributed by atoms with Gasteiger partial charge in [-0.2, -0.15) is 0 Å². The number of carbonyl (C=O) groups excluding carboxylic acids is 2. The number of carboxylic acid groups (broad SMARTS) is 1. The number of aliphatic carboxylic acids is 1. The van der Waals surface area contributed by atoms with E-state index in [1.807, 2.05) is 0 Å². The van der Waals surface area contributed by atoms with Crippen LogP contribution in [0, 0.1) is 11.8 Å². The number of aromatic amines is 1. The van der Waals surface area contributed by atoms with Crippen LogP contribution in [0.15, 0.2) is 33.9 Å². The number of amides is 1. The highest BCUT2D eigenvalue weighted by molar-refractivity contribution is 5.86. The van der Waals surface area contributed by atoms with Gasteiger partial charge in [0, 0.05) is 0 Å². The van der Waals surface area contributed by atoms with Crippen LogP contribution in [0.3, 0.4) is 0 Å². The molecule has 0 spiro atoms. The average Bonchev–Trinajstić information content (AvgIpc) is 2.61. The molecule has 146 valence electrons. The van der Waals surface area contributed by atoms with Crippen LogP contribution in [-0.2, 0) is 9.59 Å². The minimum absolute atomic E-state index is 0.272. The summed E-state index contributed by atoms with van der Waals surface area (Å²) < 4.78 is 0.852. The molecule has 1 aromatic heterocycles. The molecule has 1 amide bonds. The van der Waals surface area contributed by atoms with Gasteiger partial charge in [-0.1, -0.05) is 46.2 Å². The molecule has 2 aromatic rings. The maximum atomic E-state index is 12.8. The molecule has 0 saturated carbocycles. The Morgan fingerprint density at radius 1 is 1.19 bits per heavy atom. The van der Waals surface area contributed by atoms with E-state index < -0.39 is 41.1 Å². The van der Waals surface area contributed by atoms with Crippen LogP contribution in [0.5, 0.6) is 0 Å². The Morgan fingerprint density at radius 3 is 2.37 bits per heavy atom. The van der Waals surface area contributed by atoms with Gasteiger partial charge < -0.3 is 20.2 Å². The second-order valence-electron chi connectivity index (χ2n) is 7.03. The van der Waals surface area contributed by atoms with Gasteiger partial charge >= 0.3 is 5.69 Å². The standard InChI is InChI=1S/C19H25N3O5/c1-5-11(4)14(18(25)26)21-16(23)15(10(2)3)22-17(24)12-8-6-7-9-13(12)20-19(22)27/h6-11,14-15H,5H2,1-4H3,(H,20,27)(H,21,23)(H,25,26)/p-1/t11-,14+,15+/m1/s1. The minimum Gasteiger partial charge on any atom is -0.548 e. The van der Waals surface area contributed by atoms with Crippen molar-refractivity contribution >= 4 is 22.8 Å². The van der Waals surface area contributed by atoms with E-state index in [-0.39, 0.29) is 11.3 Å². The Hall–Kier alpha value is -2.90. The van der Waals surface area contributed by atoms with Crippen molar-refractivity contribution in [2.75, 3.05) is 0 Å². The summed E-state index contributed by atoms with van der Waals surface area (Å²) >= 11 is 0. The minimum atomic E-state index is -1.40. The van der Waals surface area contributed by atoms with E-state index in [1.165, 1.54) is 0 Å². The maximum absolute atomic E-state index is 12.8. The molecule has 0 unspecified atom stereocenters. The molecule has 2 rings (SSSR count). The predicted molar refractivity (Wildman–Crippen MR) is 99.1 cm³/mol. The predicted octanol–water partition coefficient (Wildman–Crippen LogP) is 0.168. The molecule has 0 bridgehead atoms. The third-order valence-electron chi connectivity index (χ3n) is 4.78. The summed E-state index contributed by atoms with van der Waals surface area (Å²) in [5.74, 6) is -2.90. The molecule has 3 atom stereocenters. The van der Waals surface area contributed by atoms with Crippen LogP contribution >= 0.6 is 0 Å². The summed E-state index contributed by atoms with van der Waals surface area (Å²) in [5.41, 5.74) is -0.947. The molecule has 8 heteroatoms. The Labute approximate surface area is 156 Å². The number of H-pyrrole nitrogens is 1. The zero-order valence-electron chi connectivity index (χ0n) is 15.8. The van der Waals surface area contributed by atoms with E-state index in [4.69, 9.17) is 0 Å². The smallest absolute Gasteiger partial charge is 0.329 e. The van der Waals surface area contributed by atoms with Gasteiger partial charge in [0.05, 0.1) is 22.9 Å². The third kappa shape index (κ3) is 4.10. The van der Waals surface area contributed by atoms with Crippen LogP contribution < -0.4 is 21.7 Å². The highest BCUT2D eigenvalue weighted by Crippen LogP contribution is 2.17. The normalized spacial score (nSPS) is 14.7. The first kappa shape index (κ1) is 20.4. The molecule has 0 radical (unpaired) electrons. The van der Waals surface area contributed by atoms with E-state index in [0.717, 1.165) is 4.57 Å². The lowest BCUT2D eigenvalue weighted by molar-refractivity contribution is -0.309. The van der Waals surface area contributed by atoms with Gasteiger partial charge in [-0.15, -0.1) is 0 Å². The molecule has 27 heavy (non-hydrogen) atoms. The molecule has 1 aromatic carbocycles. The Morgan fingerprint density at radius 2 is 1.81 bits per heavy atom. The van der Waals surface area contributed by atoms with E-state index in [2.05, 4.69) is 10.3 Å². The lowest BCUT2D eigenvalue weighted by atomic mass is 9.97. The number of fused-ring (bicyclic) bond motifs is 1. The van der Waals surface area contributed by atoms with Crippen LogP contribution in [0.2, 0.25) is 0 Å². The summed E-state index contributed by atoms with van der Waals surface area (Å²) in [4.78, 5) is 52.2. The summed E-state index contributed by atoms with van der Waals surface area (Å²) in [6.45, 7) is 6.84. The number of hydrogen-bond donors (Lipinski definition) is 2. The third-order valence-corrected chi connectivity index (χ3v) is 4.78. The summed E-state index contributed by atoms with van der Waals surface area (Å²) in [7, 11) is 0. The molecule has 0 aliphatic carbocycles. The summed E-state index contributed by atoms with van der Waals surface area (Å²) in [6.07, 6.45) is 0.516. The van der Waals surface area contributed by atoms with E-state index in [9.17, 15) is 24.3 Å². The van der Waals surface area contributed by atoms with Gasteiger partial charge in [0.15, 0.2) is 0 Å². The monoisotopic (exact) mass is 374 g/mol. The molecular formula is C19H24N3O5-. The number of hydrogen-bond acceptors (Lipinski definition) is 5. The number of nitrogens with zero attached hydrogens (tertiary/aromatic N) is 1. The zero-order chi connectivity index (χ0) is 20.3. The Kier molecular flexibility index (Phi) is 6.20. The number of carbonyl (C=O) groups is 2. The number of benzene rings is 1. The van der Waals surface area contributed by atoms with E-state index >= 15 is 0 Å². The van der Waals surface area contributed by atoms with Crippen molar-refractivity contribution in [1.29, 1.82) is 0 Å². The van der Waals surface area contributed by atoms with Gasteiger partial charge in [-0.3, -0.25) is 9.59 Å². The molecule has 0 aliphatic heterocycles. The Bertz CT molecular complexity index is 960. The fourth-order valence-corrected chi connectivity index (χ4v) is 3.05. The molecule has 8 nitrogen and oxygen atoms in total. The number of carboxylic acids is 1. The highest BCUT2D eigenvalue weighted by atomic mass is 16.4. The van der Waals surface area contributed by atoms with Crippen molar-refractivity contribution in [1.82, 2.24) is 14.9 Å². The Balaban J connectivity index is 2.54. The quantitative estimate of drug-likeness (QED) is 0.715. The van der Waals surface area contributed by atoms with Crippen molar-refractivity contribution in [3.05, 3.63) is 45.1 Å². The van der Waals surface area contributed by atoms with Crippen LogP contribution in [0.25, 0.3) is 10.9 Å². The van der Waals surface area contributed by atoms with Crippen LogP contribution in [0.4, 0.5) is 0 Å². The second kappa shape index (κ2) is 8.20. The van der Waals surface area contributed by atoms with Crippen molar-refractivity contribution < 1.29 is 14.7 Å². The van der Waals surface area contributed by atoms with E-state index in [1.54, 1.807) is 52.0 Å². The number of aromatic nitrogens is 2. The highest BCUT2D eigenvalue weighted by Gasteiger charge is 2.30. The number of nitrogens with one attached hydrogen (secondary N) is 2. The van der Waals surface area contributed by atoms with Crippen LogP contribution in [-0.4, -0.2) is 27.5 Å². The van der Waals surface area contributed by atoms with Gasteiger partial charge in [0.1, 0.15) is 6.04 Å². The second-order valence-corrected chi connectivity index (χ2v) is 7.03. The molecule has 0 fully saturated rings.